The van der Waals surface area contributed by atoms with Crippen LogP contribution >= 0.6 is 11.8 Å². The minimum absolute atomic E-state index is 0.266. The van der Waals surface area contributed by atoms with Gasteiger partial charge < -0.3 is 10.8 Å². The summed E-state index contributed by atoms with van der Waals surface area (Å²) in [6.45, 7) is 4.08. The predicted octanol–water partition coefficient (Wildman–Crippen LogP) is 1.76. The number of aliphatic hydroxyl groups excluding tert-OH is 1. The lowest BCUT2D eigenvalue weighted by Gasteiger charge is -2.14. The Morgan fingerprint density at radius 3 is 2.73 bits per heavy atom. The van der Waals surface area contributed by atoms with Crippen LogP contribution in [0.15, 0.2) is 0 Å². The SMILES string of the molecule is CC(CO)CSCCCCC(C)(N)C#N. The van der Waals surface area contributed by atoms with Crippen LogP contribution in [0.25, 0.3) is 0 Å². The van der Waals surface area contributed by atoms with Gasteiger partial charge in [0.2, 0.25) is 0 Å². The molecule has 0 bridgehead atoms. The van der Waals surface area contributed by atoms with Crippen LogP contribution in [0.3, 0.4) is 0 Å². The summed E-state index contributed by atoms with van der Waals surface area (Å²) in [5, 5.41) is 17.5. The first-order valence-electron chi connectivity index (χ1n) is 5.40. The third kappa shape index (κ3) is 8.73. The number of aliphatic hydroxyl groups is 1. The fourth-order valence-electron chi connectivity index (χ4n) is 1.09. The van der Waals surface area contributed by atoms with Gasteiger partial charge in [-0.1, -0.05) is 6.92 Å². The Kier molecular flexibility index (Phi) is 7.85. The summed E-state index contributed by atoms with van der Waals surface area (Å²) in [6.07, 6.45) is 2.86. The maximum atomic E-state index is 8.81. The normalized spacial score (nSPS) is 16.7. The van der Waals surface area contributed by atoms with Crippen LogP contribution in [0.2, 0.25) is 0 Å². The number of hydrogen-bond donors (Lipinski definition) is 2. The molecule has 88 valence electrons. The van der Waals surface area contributed by atoms with Crippen molar-refractivity contribution >= 4 is 11.8 Å². The first-order chi connectivity index (χ1) is 7.02. The molecule has 0 amide bonds. The number of unbranched alkanes of at least 4 members (excludes halogenated alkanes) is 1. The van der Waals surface area contributed by atoms with Gasteiger partial charge in [-0.15, -0.1) is 0 Å². The summed E-state index contributed by atoms with van der Waals surface area (Å²) in [6, 6.07) is 2.10. The molecule has 0 aromatic rings. The molecule has 2 atom stereocenters. The Hall–Kier alpha value is -0.240. The fraction of sp³-hybridized carbons (Fsp3) is 0.909. The van der Waals surface area contributed by atoms with E-state index in [0.29, 0.717) is 5.92 Å². The van der Waals surface area contributed by atoms with Gasteiger partial charge in [0.1, 0.15) is 5.54 Å². The Morgan fingerprint density at radius 1 is 1.53 bits per heavy atom. The zero-order valence-electron chi connectivity index (χ0n) is 9.70. The van der Waals surface area contributed by atoms with E-state index in [4.69, 9.17) is 16.1 Å². The molecule has 0 aromatic heterocycles. The van der Waals surface area contributed by atoms with Crippen molar-refractivity contribution in [3.05, 3.63) is 0 Å². The first kappa shape index (κ1) is 14.8. The van der Waals surface area contributed by atoms with Crippen LogP contribution in [0.1, 0.15) is 33.1 Å². The number of nitrogens with two attached hydrogens (primary N) is 1. The largest absolute Gasteiger partial charge is 0.396 e. The number of nitrogens with zero attached hydrogens (tertiary/aromatic N) is 1. The lowest BCUT2D eigenvalue weighted by molar-refractivity contribution is 0.250. The van der Waals surface area contributed by atoms with Gasteiger partial charge in [0.25, 0.3) is 0 Å². The van der Waals surface area contributed by atoms with Crippen LogP contribution in [0, 0.1) is 17.2 Å². The molecule has 0 saturated carbocycles. The molecule has 0 fully saturated rings. The first-order valence-corrected chi connectivity index (χ1v) is 6.56. The fourth-order valence-corrected chi connectivity index (χ4v) is 2.17. The molecule has 0 heterocycles. The number of nitriles is 1. The molecule has 15 heavy (non-hydrogen) atoms. The summed E-state index contributed by atoms with van der Waals surface area (Å²) < 4.78 is 0. The topological polar surface area (TPSA) is 70.0 Å². The predicted molar refractivity (Wildman–Crippen MR) is 65.6 cm³/mol. The van der Waals surface area contributed by atoms with Crippen LogP contribution in [-0.4, -0.2) is 28.8 Å². The van der Waals surface area contributed by atoms with Gasteiger partial charge in [-0.2, -0.15) is 17.0 Å². The Labute approximate surface area is 97.0 Å². The molecule has 0 rings (SSSR count). The molecule has 4 heteroatoms. The van der Waals surface area contributed by atoms with Crippen LogP contribution in [0.5, 0.6) is 0 Å². The van der Waals surface area contributed by atoms with E-state index in [1.807, 2.05) is 18.7 Å². The quantitative estimate of drug-likeness (QED) is 0.623. The zero-order chi connectivity index (χ0) is 11.7. The van der Waals surface area contributed by atoms with Crippen LogP contribution < -0.4 is 5.73 Å². The van der Waals surface area contributed by atoms with Gasteiger partial charge in [0.05, 0.1) is 6.07 Å². The highest BCUT2D eigenvalue weighted by atomic mass is 32.2. The van der Waals surface area contributed by atoms with Gasteiger partial charge in [-0.05, 0) is 43.6 Å². The second-order valence-electron chi connectivity index (χ2n) is 4.35. The molecular formula is C11H22N2OS. The number of rotatable bonds is 8. The summed E-state index contributed by atoms with van der Waals surface area (Å²) >= 11 is 1.86. The van der Waals surface area contributed by atoms with Crippen molar-refractivity contribution in [2.45, 2.75) is 38.6 Å². The molecule has 0 aliphatic heterocycles. The lowest BCUT2D eigenvalue weighted by Crippen LogP contribution is -2.33. The molecule has 3 nitrogen and oxygen atoms in total. The van der Waals surface area contributed by atoms with Crippen molar-refractivity contribution in [1.29, 1.82) is 5.26 Å². The van der Waals surface area contributed by atoms with Crippen LogP contribution in [-0.2, 0) is 0 Å². The van der Waals surface area contributed by atoms with E-state index >= 15 is 0 Å². The average molecular weight is 230 g/mol. The van der Waals surface area contributed by atoms with Crippen molar-refractivity contribution in [2.75, 3.05) is 18.1 Å². The highest BCUT2D eigenvalue weighted by molar-refractivity contribution is 7.99. The average Bonchev–Trinajstić information content (AvgIpc) is 2.22. The van der Waals surface area contributed by atoms with E-state index in [2.05, 4.69) is 6.07 Å². The van der Waals surface area contributed by atoms with Crippen molar-refractivity contribution in [3.8, 4) is 6.07 Å². The standard InChI is InChI=1S/C11H22N2OS/c1-10(7-14)8-15-6-4-3-5-11(2,13)9-12/h10,14H,3-8,13H2,1-2H3. The van der Waals surface area contributed by atoms with Crippen molar-refractivity contribution in [2.24, 2.45) is 11.7 Å². The molecule has 0 radical (unpaired) electrons. The molecular weight excluding hydrogens is 208 g/mol. The monoisotopic (exact) mass is 230 g/mol. The smallest absolute Gasteiger partial charge is 0.101 e. The maximum Gasteiger partial charge on any atom is 0.101 e. The van der Waals surface area contributed by atoms with Gasteiger partial charge in [-0.25, -0.2) is 0 Å². The highest BCUT2D eigenvalue weighted by Crippen LogP contribution is 2.14. The van der Waals surface area contributed by atoms with E-state index in [0.717, 1.165) is 30.8 Å². The van der Waals surface area contributed by atoms with Crippen molar-refractivity contribution < 1.29 is 5.11 Å². The summed E-state index contributed by atoms with van der Waals surface area (Å²) in [4.78, 5) is 0. The Morgan fingerprint density at radius 2 is 2.20 bits per heavy atom. The summed E-state index contributed by atoms with van der Waals surface area (Å²) in [5.41, 5.74) is 5.04. The molecule has 2 unspecified atom stereocenters. The summed E-state index contributed by atoms with van der Waals surface area (Å²) in [5.74, 6) is 2.48. The minimum atomic E-state index is -0.664. The molecule has 0 aliphatic rings. The maximum absolute atomic E-state index is 8.81. The Balaban J connectivity index is 3.30. The van der Waals surface area contributed by atoms with E-state index in [-0.39, 0.29) is 6.61 Å². The van der Waals surface area contributed by atoms with Gasteiger partial charge >= 0.3 is 0 Å². The Bertz CT molecular complexity index is 201. The van der Waals surface area contributed by atoms with Crippen LogP contribution in [0.4, 0.5) is 0 Å². The molecule has 3 N–H and O–H groups in total. The second-order valence-corrected chi connectivity index (χ2v) is 5.50. The second kappa shape index (κ2) is 7.98. The van der Waals surface area contributed by atoms with E-state index in [1.165, 1.54) is 0 Å². The summed E-state index contributed by atoms with van der Waals surface area (Å²) in [7, 11) is 0. The van der Waals surface area contributed by atoms with E-state index < -0.39 is 5.54 Å². The molecule has 0 aromatic carbocycles. The highest BCUT2D eigenvalue weighted by Gasteiger charge is 2.15. The third-order valence-electron chi connectivity index (χ3n) is 2.20. The van der Waals surface area contributed by atoms with E-state index in [1.54, 1.807) is 6.92 Å². The van der Waals surface area contributed by atoms with E-state index in [9.17, 15) is 0 Å². The van der Waals surface area contributed by atoms with Gasteiger partial charge in [0, 0.05) is 6.61 Å². The zero-order valence-corrected chi connectivity index (χ0v) is 10.5. The van der Waals surface area contributed by atoms with Crippen molar-refractivity contribution in [1.82, 2.24) is 0 Å². The molecule has 0 aliphatic carbocycles. The number of thioether (sulfide) groups is 1. The van der Waals surface area contributed by atoms with Gasteiger partial charge in [-0.3, -0.25) is 0 Å². The third-order valence-corrected chi connectivity index (χ3v) is 3.59. The lowest BCUT2D eigenvalue weighted by atomic mass is 9.99. The van der Waals surface area contributed by atoms with Gasteiger partial charge in [0.15, 0.2) is 0 Å². The molecule has 0 saturated heterocycles. The molecule has 0 spiro atoms. The minimum Gasteiger partial charge on any atom is -0.396 e. The van der Waals surface area contributed by atoms with Crippen molar-refractivity contribution in [3.63, 3.8) is 0 Å². The number of hydrogen-bond acceptors (Lipinski definition) is 4.